The lowest BCUT2D eigenvalue weighted by molar-refractivity contribution is -0.143. The maximum Gasteiger partial charge on any atom is 0.305 e. The van der Waals surface area contributed by atoms with Crippen LogP contribution in [0.3, 0.4) is 0 Å². The van der Waals surface area contributed by atoms with E-state index in [0.29, 0.717) is 25.9 Å². The minimum atomic E-state index is -0.666. The average Bonchev–Trinajstić information content (AvgIpc) is 3.41. The van der Waals surface area contributed by atoms with E-state index in [-0.39, 0.29) is 18.5 Å². The summed E-state index contributed by atoms with van der Waals surface area (Å²) in [6, 6.07) is -0.544. The number of aliphatic hydroxyl groups excluding tert-OH is 2. The lowest BCUT2D eigenvalue weighted by Crippen LogP contribution is -2.45. The second kappa shape index (κ2) is 65.1. The third kappa shape index (κ3) is 61.7. The lowest BCUT2D eigenvalue weighted by Gasteiger charge is -2.22. The number of amides is 1. The highest BCUT2D eigenvalue weighted by atomic mass is 16.5. The number of ether oxygens (including phenoxy) is 1. The molecule has 6 nitrogen and oxygen atoms in total. The van der Waals surface area contributed by atoms with Gasteiger partial charge in [-0.05, 0) is 51.4 Å². The molecular formula is C69H135NO5. The van der Waals surface area contributed by atoms with E-state index in [9.17, 15) is 19.8 Å². The molecule has 0 aliphatic rings. The number of nitrogens with one attached hydrogen (secondary N) is 1. The predicted molar refractivity (Wildman–Crippen MR) is 329 cm³/mol. The summed E-state index contributed by atoms with van der Waals surface area (Å²) in [7, 11) is 0. The van der Waals surface area contributed by atoms with Gasteiger partial charge in [0.1, 0.15) is 0 Å². The quantitative estimate of drug-likeness (QED) is 0.0320. The summed E-state index contributed by atoms with van der Waals surface area (Å²) in [6.45, 7) is 4.99. The van der Waals surface area contributed by atoms with Crippen LogP contribution in [-0.2, 0) is 14.3 Å². The number of carbonyl (C=O) groups is 2. The Morgan fingerprint density at radius 3 is 0.947 bits per heavy atom. The van der Waals surface area contributed by atoms with Crippen molar-refractivity contribution in [2.24, 2.45) is 0 Å². The molecule has 6 heteroatoms. The Morgan fingerprint density at radius 1 is 0.360 bits per heavy atom. The zero-order chi connectivity index (χ0) is 54.3. The van der Waals surface area contributed by atoms with Gasteiger partial charge in [-0.2, -0.15) is 0 Å². The number of esters is 1. The van der Waals surface area contributed by atoms with Crippen molar-refractivity contribution in [3.8, 4) is 0 Å². The van der Waals surface area contributed by atoms with Gasteiger partial charge in [-0.1, -0.05) is 341 Å². The van der Waals surface area contributed by atoms with E-state index in [0.717, 1.165) is 38.5 Å². The van der Waals surface area contributed by atoms with Crippen LogP contribution < -0.4 is 5.32 Å². The summed E-state index contributed by atoms with van der Waals surface area (Å²) < 4.78 is 5.51. The van der Waals surface area contributed by atoms with Crippen molar-refractivity contribution in [1.82, 2.24) is 5.32 Å². The molecule has 0 aromatic rings. The van der Waals surface area contributed by atoms with Gasteiger partial charge in [0, 0.05) is 12.8 Å². The van der Waals surface area contributed by atoms with Crippen LogP contribution in [0.25, 0.3) is 0 Å². The van der Waals surface area contributed by atoms with Gasteiger partial charge < -0.3 is 20.3 Å². The van der Waals surface area contributed by atoms with Crippen molar-refractivity contribution in [2.45, 2.75) is 405 Å². The van der Waals surface area contributed by atoms with Crippen LogP contribution in [0.2, 0.25) is 0 Å². The minimum absolute atomic E-state index is 0.0183. The first kappa shape index (κ1) is 73.6. The highest BCUT2D eigenvalue weighted by Crippen LogP contribution is 2.19. The number of allylic oxidation sites excluding steroid dienone is 2. The number of hydrogen-bond donors (Lipinski definition) is 3. The van der Waals surface area contributed by atoms with Gasteiger partial charge in [-0.3, -0.25) is 9.59 Å². The highest BCUT2D eigenvalue weighted by molar-refractivity contribution is 5.76. The Hall–Kier alpha value is -1.40. The number of unbranched alkanes of at least 4 members (excludes halogenated alkanes) is 52. The molecule has 1 amide bonds. The summed E-state index contributed by atoms with van der Waals surface area (Å²) in [5.74, 6) is -0.0182. The molecule has 0 aliphatic heterocycles. The standard InChI is InChI=1S/C69H135NO5/c1-3-5-7-9-11-13-15-17-19-20-27-31-35-39-43-47-51-55-59-63-69(74)75-64-60-56-52-48-44-40-36-32-29-26-24-22-21-23-25-28-30-34-38-42-46-50-54-58-62-68(73)70-66(65-71)67(72)61-57-53-49-45-41-37-33-18-16-14-12-10-8-6-4-2/h23,25,66-67,71-72H,3-22,24,26-65H2,1-2H3,(H,70,73)/b25-23-. The third-order valence-corrected chi connectivity index (χ3v) is 16.3. The van der Waals surface area contributed by atoms with Gasteiger partial charge in [0.05, 0.1) is 25.4 Å². The molecular weight excluding hydrogens is 923 g/mol. The fourth-order valence-electron chi connectivity index (χ4n) is 11.1. The molecule has 0 rings (SSSR count). The molecule has 0 fully saturated rings. The normalized spacial score (nSPS) is 12.5. The van der Waals surface area contributed by atoms with Gasteiger partial charge in [0.2, 0.25) is 5.91 Å². The van der Waals surface area contributed by atoms with E-state index in [1.54, 1.807) is 0 Å². The van der Waals surface area contributed by atoms with E-state index in [4.69, 9.17) is 4.74 Å². The molecule has 0 aliphatic carbocycles. The van der Waals surface area contributed by atoms with E-state index < -0.39 is 12.1 Å². The van der Waals surface area contributed by atoms with Crippen molar-refractivity contribution in [2.75, 3.05) is 13.2 Å². The third-order valence-electron chi connectivity index (χ3n) is 16.3. The first-order chi connectivity index (χ1) is 37.0. The van der Waals surface area contributed by atoms with Crippen molar-refractivity contribution in [1.29, 1.82) is 0 Å². The predicted octanol–water partition coefficient (Wildman–Crippen LogP) is 22.0. The number of aliphatic hydroxyl groups is 2. The van der Waals surface area contributed by atoms with E-state index >= 15 is 0 Å². The molecule has 2 atom stereocenters. The minimum Gasteiger partial charge on any atom is -0.466 e. The van der Waals surface area contributed by atoms with Gasteiger partial charge >= 0.3 is 5.97 Å². The molecule has 0 bridgehead atoms. The molecule has 3 N–H and O–H groups in total. The zero-order valence-corrected chi connectivity index (χ0v) is 51.1. The first-order valence-corrected chi connectivity index (χ1v) is 34.4. The fourth-order valence-corrected chi connectivity index (χ4v) is 11.1. The second-order valence-corrected chi connectivity index (χ2v) is 23.9. The molecule has 0 aromatic carbocycles. The maximum absolute atomic E-state index is 12.5. The average molecular weight is 1060 g/mol. The fraction of sp³-hybridized carbons (Fsp3) is 0.942. The van der Waals surface area contributed by atoms with Crippen LogP contribution in [0, 0.1) is 0 Å². The Morgan fingerprint density at radius 2 is 0.627 bits per heavy atom. The van der Waals surface area contributed by atoms with Crippen molar-refractivity contribution >= 4 is 11.9 Å². The zero-order valence-electron chi connectivity index (χ0n) is 51.1. The lowest BCUT2D eigenvalue weighted by atomic mass is 10.0. The highest BCUT2D eigenvalue weighted by Gasteiger charge is 2.20. The van der Waals surface area contributed by atoms with Gasteiger partial charge in [-0.15, -0.1) is 0 Å². The van der Waals surface area contributed by atoms with Crippen LogP contribution in [0.5, 0.6) is 0 Å². The van der Waals surface area contributed by atoms with E-state index in [1.807, 2.05) is 0 Å². The van der Waals surface area contributed by atoms with Crippen LogP contribution in [0.15, 0.2) is 12.2 Å². The summed E-state index contributed by atoms with van der Waals surface area (Å²) in [5.41, 5.74) is 0. The monoisotopic (exact) mass is 1060 g/mol. The molecule has 0 radical (unpaired) electrons. The van der Waals surface area contributed by atoms with Crippen molar-refractivity contribution in [3.63, 3.8) is 0 Å². The Balaban J connectivity index is 3.36. The second-order valence-electron chi connectivity index (χ2n) is 23.9. The number of hydrogen-bond acceptors (Lipinski definition) is 5. The van der Waals surface area contributed by atoms with Crippen molar-refractivity contribution < 1.29 is 24.5 Å². The topological polar surface area (TPSA) is 95.9 Å². The van der Waals surface area contributed by atoms with E-state index in [1.165, 1.54) is 321 Å². The molecule has 0 saturated carbocycles. The Kier molecular flexibility index (Phi) is 63.9. The van der Waals surface area contributed by atoms with Crippen LogP contribution in [0.4, 0.5) is 0 Å². The van der Waals surface area contributed by atoms with Crippen LogP contribution in [-0.4, -0.2) is 47.4 Å². The van der Waals surface area contributed by atoms with Gasteiger partial charge in [0.15, 0.2) is 0 Å². The summed E-state index contributed by atoms with van der Waals surface area (Å²) >= 11 is 0. The molecule has 0 spiro atoms. The van der Waals surface area contributed by atoms with Crippen LogP contribution in [0.1, 0.15) is 393 Å². The van der Waals surface area contributed by atoms with Gasteiger partial charge in [-0.25, -0.2) is 0 Å². The number of carbonyl (C=O) groups excluding carboxylic acids is 2. The maximum atomic E-state index is 12.5. The Bertz CT molecular complexity index is 1130. The molecule has 446 valence electrons. The molecule has 75 heavy (non-hydrogen) atoms. The summed E-state index contributed by atoms with van der Waals surface area (Å²) in [5, 5.41) is 23.3. The summed E-state index contributed by atoms with van der Waals surface area (Å²) in [4.78, 5) is 24.6. The number of rotatable bonds is 65. The van der Waals surface area contributed by atoms with E-state index in [2.05, 4.69) is 31.3 Å². The largest absolute Gasteiger partial charge is 0.466 e. The molecule has 0 saturated heterocycles. The summed E-state index contributed by atoms with van der Waals surface area (Å²) in [6.07, 6.45) is 79.6. The van der Waals surface area contributed by atoms with Crippen LogP contribution >= 0.6 is 0 Å². The molecule has 2 unspecified atom stereocenters. The van der Waals surface area contributed by atoms with Gasteiger partial charge in [0.25, 0.3) is 0 Å². The molecule has 0 heterocycles. The first-order valence-electron chi connectivity index (χ1n) is 34.4. The SMILES string of the molecule is CCCCCCCCCCCCCCCCCCCCCC(=O)OCCCCCCCCCCCCCC/C=C\CCCCCCCCCCC(=O)NC(CO)C(O)CCCCCCCCCCCCCCCCC. The smallest absolute Gasteiger partial charge is 0.305 e. The Labute approximate surface area is 469 Å². The molecule has 0 aromatic heterocycles. The van der Waals surface area contributed by atoms with Crippen molar-refractivity contribution in [3.05, 3.63) is 12.2 Å².